The van der Waals surface area contributed by atoms with Crippen LogP contribution < -0.4 is 5.32 Å². The van der Waals surface area contributed by atoms with Gasteiger partial charge in [-0.25, -0.2) is 14.2 Å². The second-order valence-corrected chi connectivity index (χ2v) is 7.59. The molecule has 0 aliphatic carbocycles. The molecule has 0 spiro atoms. The zero-order valence-electron chi connectivity index (χ0n) is 14.8. The summed E-state index contributed by atoms with van der Waals surface area (Å²) in [5, 5.41) is 3.00. The van der Waals surface area contributed by atoms with Crippen LogP contribution in [-0.2, 0) is 5.75 Å². The van der Waals surface area contributed by atoms with E-state index < -0.39 is 0 Å². The number of likely N-dealkylation sites (tertiary alicyclic amines) is 1. The normalized spacial score (nSPS) is 17.3. The first-order chi connectivity index (χ1) is 12.7. The lowest BCUT2D eigenvalue weighted by molar-refractivity contribution is 0.178. The van der Waals surface area contributed by atoms with Crippen LogP contribution in [0.3, 0.4) is 0 Å². The Morgan fingerprint density at radius 3 is 3.12 bits per heavy atom. The zero-order chi connectivity index (χ0) is 18.2. The molecule has 0 bridgehead atoms. The third-order valence-corrected chi connectivity index (χ3v) is 5.66. The summed E-state index contributed by atoms with van der Waals surface area (Å²) < 4.78 is 13.5. The maximum atomic E-state index is 13.5. The average molecular weight is 377 g/mol. The number of piperidine rings is 1. The quantitative estimate of drug-likeness (QED) is 0.723. The molecule has 2 amide bonds. The van der Waals surface area contributed by atoms with Gasteiger partial charge in [-0.2, -0.15) is 11.8 Å². The molecule has 1 fully saturated rings. The predicted molar refractivity (Wildman–Crippen MR) is 103 cm³/mol. The monoisotopic (exact) mass is 376 g/mol. The Bertz CT molecular complexity index is 695. The standard InChI is InChI=1S/C19H25FN4OS/c20-17-7-2-1-5-16(17)14-26-12-4-8-23-19(25)24-11-3-6-15(13-24)18-21-9-10-22-18/h1-2,5,7,9-10,15H,3-4,6,8,11-14H2,(H,21,22)(H,23,25). The lowest BCUT2D eigenvalue weighted by Crippen LogP contribution is -2.45. The molecule has 0 saturated carbocycles. The minimum absolute atomic E-state index is 0.000333. The van der Waals surface area contributed by atoms with Crippen LogP contribution in [0.2, 0.25) is 0 Å². The van der Waals surface area contributed by atoms with Crippen LogP contribution in [-0.4, -0.2) is 46.3 Å². The van der Waals surface area contributed by atoms with Gasteiger partial charge in [0.25, 0.3) is 0 Å². The van der Waals surface area contributed by atoms with E-state index in [4.69, 9.17) is 0 Å². The Morgan fingerprint density at radius 2 is 2.31 bits per heavy atom. The third-order valence-electron chi connectivity index (χ3n) is 4.57. The molecule has 1 atom stereocenters. The van der Waals surface area contributed by atoms with Crippen LogP contribution >= 0.6 is 11.8 Å². The molecule has 1 aromatic heterocycles. The molecule has 1 saturated heterocycles. The van der Waals surface area contributed by atoms with Crippen LogP contribution in [0.1, 0.15) is 36.6 Å². The maximum absolute atomic E-state index is 13.5. The fourth-order valence-corrected chi connectivity index (χ4v) is 4.11. The van der Waals surface area contributed by atoms with Crippen molar-refractivity contribution in [3.05, 3.63) is 53.9 Å². The Hall–Kier alpha value is -2.02. The van der Waals surface area contributed by atoms with Crippen LogP contribution in [0.5, 0.6) is 0 Å². The predicted octanol–water partition coefficient (Wildman–Crippen LogP) is 3.76. The van der Waals surface area contributed by atoms with E-state index in [0.29, 0.717) is 24.8 Å². The number of aromatic nitrogens is 2. The number of aromatic amines is 1. The first-order valence-corrected chi connectivity index (χ1v) is 10.2. The number of amides is 2. The van der Waals surface area contributed by atoms with Gasteiger partial charge in [-0.05, 0) is 36.6 Å². The maximum Gasteiger partial charge on any atom is 0.317 e. The Labute approximate surface area is 157 Å². The highest BCUT2D eigenvalue weighted by molar-refractivity contribution is 7.98. The van der Waals surface area contributed by atoms with Gasteiger partial charge in [-0.3, -0.25) is 0 Å². The van der Waals surface area contributed by atoms with E-state index in [9.17, 15) is 9.18 Å². The van der Waals surface area contributed by atoms with E-state index in [1.807, 2.05) is 23.2 Å². The lowest BCUT2D eigenvalue weighted by Gasteiger charge is -2.31. The Kier molecular flexibility index (Phi) is 6.94. The summed E-state index contributed by atoms with van der Waals surface area (Å²) in [6.45, 7) is 2.15. The molecular weight excluding hydrogens is 351 g/mol. The molecule has 7 heteroatoms. The number of halogens is 1. The SMILES string of the molecule is O=C(NCCCSCc1ccccc1F)N1CCCC(c2ncc[nH]2)C1. The number of thioether (sulfide) groups is 1. The number of benzene rings is 1. The van der Waals surface area contributed by atoms with E-state index in [1.54, 1.807) is 24.0 Å². The fraction of sp³-hybridized carbons (Fsp3) is 0.474. The highest BCUT2D eigenvalue weighted by Gasteiger charge is 2.25. The number of nitrogens with one attached hydrogen (secondary N) is 2. The molecule has 1 aromatic carbocycles. The molecule has 1 aliphatic heterocycles. The molecular formula is C19H25FN4OS. The van der Waals surface area contributed by atoms with Gasteiger partial charge >= 0.3 is 6.03 Å². The van der Waals surface area contributed by atoms with Crippen LogP contribution in [0.15, 0.2) is 36.7 Å². The first-order valence-electron chi connectivity index (χ1n) is 9.07. The molecule has 0 radical (unpaired) electrons. The summed E-state index contributed by atoms with van der Waals surface area (Å²) in [6, 6.07) is 6.87. The van der Waals surface area contributed by atoms with E-state index in [2.05, 4.69) is 15.3 Å². The number of H-pyrrole nitrogens is 1. The smallest absolute Gasteiger partial charge is 0.317 e. The van der Waals surface area contributed by atoms with Gasteiger partial charge in [0, 0.05) is 43.7 Å². The van der Waals surface area contributed by atoms with Crippen molar-refractivity contribution in [2.45, 2.75) is 30.9 Å². The molecule has 2 heterocycles. The third kappa shape index (κ3) is 5.24. The van der Waals surface area contributed by atoms with Crippen LogP contribution in [0.25, 0.3) is 0 Å². The molecule has 1 unspecified atom stereocenters. The second-order valence-electron chi connectivity index (χ2n) is 6.49. The number of imidazole rings is 1. The minimum atomic E-state index is -0.149. The summed E-state index contributed by atoms with van der Waals surface area (Å²) in [5.74, 6) is 2.67. The van der Waals surface area contributed by atoms with E-state index in [0.717, 1.165) is 42.9 Å². The van der Waals surface area contributed by atoms with Crippen molar-refractivity contribution >= 4 is 17.8 Å². The number of nitrogens with zero attached hydrogens (tertiary/aromatic N) is 2. The number of rotatable bonds is 7. The Morgan fingerprint density at radius 1 is 1.42 bits per heavy atom. The minimum Gasteiger partial charge on any atom is -0.348 e. The van der Waals surface area contributed by atoms with Gasteiger partial charge in [-0.15, -0.1) is 0 Å². The van der Waals surface area contributed by atoms with Crippen molar-refractivity contribution in [2.75, 3.05) is 25.4 Å². The Balaban J connectivity index is 1.32. The van der Waals surface area contributed by atoms with Crippen molar-refractivity contribution in [2.24, 2.45) is 0 Å². The number of carbonyl (C=O) groups is 1. The molecule has 26 heavy (non-hydrogen) atoms. The summed E-state index contributed by atoms with van der Waals surface area (Å²) in [5.41, 5.74) is 0.735. The number of hydrogen-bond acceptors (Lipinski definition) is 3. The summed E-state index contributed by atoms with van der Waals surface area (Å²) in [4.78, 5) is 21.7. The van der Waals surface area contributed by atoms with Crippen molar-refractivity contribution in [3.63, 3.8) is 0 Å². The molecule has 3 rings (SSSR count). The van der Waals surface area contributed by atoms with E-state index in [1.165, 1.54) is 6.07 Å². The summed E-state index contributed by atoms with van der Waals surface area (Å²) in [7, 11) is 0. The molecule has 1 aliphatic rings. The molecule has 5 nitrogen and oxygen atoms in total. The van der Waals surface area contributed by atoms with Crippen LogP contribution in [0.4, 0.5) is 9.18 Å². The number of carbonyl (C=O) groups excluding carboxylic acids is 1. The fourth-order valence-electron chi connectivity index (χ4n) is 3.16. The van der Waals surface area contributed by atoms with Gasteiger partial charge in [-0.1, -0.05) is 18.2 Å². The van der Waals surface area contributed by atoms with Gasteiger partial charge in [0.2, 0.25) is 0 Å². The van der Waals surface area contributed by atoms with Crippen molar-refractivity contribution in [3.8, 4) is 0 Å². The molecule has 2 aromatic rings. The second kappa shape index (κ2) is 9.62. The van der Waals surface area contributed by atoms with Crippen molar-refractivity contribution in [1.82, 2.24) is 20.2 Å². The zero-order valence-corrected chi connectivity index (χ0v) is 15.6. The first kappa shape index (κ1) is 18.8. The average Bonchev–Trinajstić information content (AvgIpc) is 3.20. The van der Waals surface area contributed by atoms with Crippen molar-refractivity contribution < 1.29 is 9.18 Å². The van der Waals surface area contributed by atoms with Gasteiger partial charge < -0.3 is 15.2 Å². The van der Waals surface area contributed by atoms with Crippen molar-refractivity contribution in [1.29, 1.82) is 0 Å². The highest BCUT2D eigenvalue weighted by Crippen LogP contribution is 2.24. The van der Waals surface area contributed by atoms with E-state index >= 15 is 0 Å². The molecule has 140 valence electrons. The summed E-state index contributed by atoms with van der Waals surface area (Å²) in [6.07, 6.45) is 6.52. The number of hydrogen-bond donors (Lipinski definition) is 2. The van der Waals surface area contributed by atoms with Gasteiger partial charge in [0.1, 0.15) is 11.6 Å². The lowest BCUT2D eigenvalue weighted by atomic mass is 9.98. The number of urea groups is 1. The van der Waals surface area contributed by atoms with Gasteiger partial charge in [0.05, 0.1) is 0 Å². The molecule has 2 N–H and O–H groups in total. The highest BCUT2D eigenvalue weighted by atomic mass is 32.2. The van der Waals surface area contributed by atoms with Gasteiger partial charge in [0.15, 0.2) is 0 Å². The van der Waals surface area contributed by atoms with Crippen LogP contribution in [0, 0.1) is 5.82 Å². The topological polar surface area (TPSA) is 61.0 Å². The van der Waals surface area contributed by atoms with E-state index in [-0.39, 0.29) is 11.8 Å². The largest absolute Gasteiger partial charge is 0.348 e. The summed E-state index contributed by atoms with van der Waals surface area (Å²) >= 11 is 1.69.